The van der Waals surface area contributed by atoms with Crippen LogP contribution in [0.15, 0.2) is 36.5 Å². The molecule has 1 aromatic heterocycles. The molecule has 2 aromatic rings. The molecular weight excluding hydrogens is 322 g/mol. The van der Waals surface area contributed by atoms with Crippen molar-refractivity contribution in [3.8, 4) is 0 Å². The van der Waals surface area contributed by atoms with Gasteiger partial charge in [-0.05, 0) is 30.4 Å². The second-order valence-corrected chi connectivity index (χ2v) is 8.81. The van der Waals surface area contributed by atoms with Crippen molar-refractivity contribution in [2.45, 2.75) is 45.2 Å². The highest BCUT2D eigenvalue weighted by Crippen LogP contribution is 2.30. The lowest BCUT2D eigenvalue weighted by molar-refractivity contribution is 0.581. The van der Waals surface area contributed by atoms with E-state index in [1.165, 1.54) is 24.0 Å². The summed E-state index contributed by atoms with van der Waals surface area (Å²) in [5.41, 5.74) is 2.78. The van der Waals surface area contributed by atoms with Crippen LogP contribution in [-0.2, 0) is 22.8 Å². The summed E-state index contributed by atoms with van der Waals surface area (Å²) in [5, 5.41) is 8.01. The Morgan fingerprint density at radius 3 is 2.92 bits per heavy atom. The molecule has 0 amide bonds. The molecule has 1 aliphatic carbocycles. The van der Waals surface area contributed by atoms with Gasteiger partial charge in [0.05, 0.1) is 18.3 Å². The third-order valence-corrected chi connectivity index (χ3v) is 6.34. The zero-order chi connectivity index (χ0) is 17.0. The van der Waals surface area contributed by atoms with Crippen LogP contribution >= 0.6 is 0 Å². The minimum Gasteiger partial charge on any atom is -0.362 e. The van der Waals surface area contributed by atoms with Gasteiger partial charge in [-0.1, -0.05) is 37.6 Å². The molecule has 1 aliphatic rings. The molecule has 130 valence electrons. The first-order chi connectivity index (χ1) is 11.6. The summed E-state index contributed by atoms with van der Waals surface area (Å²) in [6, 6.07) is 10.8. The maximum atomic E-state index is 11.6. The number of sulfone groups is 1. The maximum Gasteiger partial charge on any atom is 0.151 e. The van der Waals surface area contributed by atoms with Crippen LogP contribution in [0.5, 0.6) is 0 Å². The van der Waals surface area contributed by atoms with Crippen LogP contribution in [0.2, 0.25) is 0 Å². The second kappa shape index (κ2) is 7.38. The Morgan fingerprint density at radius 2 is 2.08 bits per heavy atom. The summed E-state index contributed by atoms with van der Waals surface area (Å²) < 4.78 is 24.9. The number of nitrogens with zero attached hydrogens (tertiary/aromatic N) is 2. The van der Waals surface area contributed by atoms with E-state index in [-0.39, 0.29) is 17.5 Å². The van der Waals surface area contributed by atoms with Gasteiger partial charge in [-0.2, -0.15) is 5.10 Å². The molecule has 1 aromatic carbocycles. The standard InChI is InChI=1S/C18H25N3O2S/c1-2-24(22,23)14-13-21-12-11-18(20-21)19-17-10-6-4-8-15-7-3-5-9-16(15)17/h3,5,7,9,11-12,17H,2,4,6,8,10,13-14H2,1H3,(H,19,20). The molecule has 0 bridgehead atoms. The minimum absolute atomic E-state index is 0.136. The molecule has 0 saturated heterocycles. The monoisotopic (exact) mass is 347 g/mol. The van der Waals surface area contributed by atoms with E-state index >= 15 is 0 Å². The minimum atomic E-state index is -2.96. The lowest BCUT2D eigenvalue weighted by Crippen LogP contribution is -2.15. The Labute approximate surface area is 144 Å². The fourth-order valence-electron chi connectivity index (χ4n) is 3.19. The summed E-state index contributed by atoms with van der Waals surface area (Å²) >= 11 is 0. The van der Waals surface area contributed by atoms with Crippen molar-refractivity contribution < 1.29 is 8.42 Å². The van der Waals surface area contributed by atoms with Gasteiger partial charge >= 0.3 is 0 Å². The van der Waals surface area contributed by atoms with Crippen LogP contribution in [-0.4, -0.2) is 29.7 Å². The molecule has 0 saturated carbocycles. The normalized spacial score (nSPS) is 18.0. The number of nitrogens with one attached hydrogen (secondary N) is 1. The maximum absolute atomic E-state index is 11.6. The summed E-state index contributed by atoms with van der Waals surface area (Å²) in [6.45, 7) is 2.08. The SMILES string of the molecule is CCS(=O)(=O)CCn1ccc(NC2CCCCc3ccccc32)n1. The molecule has 24 heavy (non-hydrogen) atoms. The highest BCUT2D eigenvalue weighted by Gasteiger charge is 2.19. The Kier molecular flexibility index (Phi) is 5.23. The lowest BCUT2D eigenvalue weighted by Gasteiger charge is -2.19. The second-order valence-electron chi connectivity index (χ2n) is 6.34. The van der Waals surface area contributed by atoms with Gasteiger partial charge in [0, 0.05) is 18.0 Å². The molecule has 0 radical (unpaired) electrons. The van der Waals surface area contributed by atoms with Crippen molar-refractivity contribution in [2.24, 2.45) is 0 Å². The van der Waals surface area contributed by atoms with Gasteiger partial charge in [0.15, 0.2) is 9.84 Å². The van der Waals surface area contributed by atoms with E-state index in [2.05, 4.69) is 34.7 Å². The number of aryl methyl sites for hydroxylation is 2. The molecule has 1 heterocycles. The van der Waals surface area contributed by atoms with E-state index in [1.54, 1.807) is 11.6 Å². The van der Waals surface area contributed by atoms with Crippen LogP contribution in [0.3, 0.4) is 0 Å². The molecule has 1 N–H and O–H groups in total. The highest BCUT2D eigenvalue weighted by atomic mass is 32.2. The van der Waals surface area contributed by atoms with E-state index in [9.17, 15) is 8.42 Å². The largest absolute Gasteiger partial charge is 0.362 e. The van der Waals surface area contributed by atoms with Crippen LogP contribution in [0.1, 0.15) is 43.4 Å². The number of rotatable bonds is 6. The van der Waals surface area contributed by atoms with Crippen molar-refractivity contribution in [1.82, 2.24) is 9.78 Å². The van der Waals surface area contributed by atoms with Crippen LogP contribution in [0.25, 0.3) is 0 Å². The molecule has 5 nitrogen and oxygen atoms in total. The van der Waals surface area contributed by atoms with Crippen molar-refractivity contribution >= 4 is 15.7 Å². The average molecular weight is 347 g/mol. The fourth-order valence-corrected chi connectivity index (χ4v) is 3.94. The first kappa shape index (κ1) is 17.0. The zero-order valence-electron chi connectivity index (χ0n) is 14.1. The van der Waals surface area contributed by atoms with Gasteiger partial charge in [0.2, 0.25) is 0 Å². The Morgan fingerprint density at radius 1 is 1.25 bits per heavy atom. The van der Waals surface area contributed by atoms with Crippen molar-refractivity contribution in [3.63, 3.8) is 0 Å². The number of aromatic nitrogens is 2. The predicted molar refractivity (Wildman–Crippen MR) is 96.9 cm³/mol. The van der Waals surface area contributed by atoms with Gasteiger partial charge in [0.25, 0.3) is 0 Å². The number of anilines is 1. The third-order valence-electron chi connectivity index (χ3n) is 4.65. The summed E-state index contributed by atoms with van der Waals surface area (Å²) in [6.07, 6.45) is 6.49. The van der Waals surface area contributed by atoms with Gasteiger partial charge in [-0.25, -0.2) is 8.42 Å². The molecular formula is C18H25N3O2S. The van der Waals surface area contributed by atoms with E-state index in [4.69, 9.17) is 0 Å². The quantitative estimate of drug-likeness (QED) is 0.815. The Hall–Kier alpha value is -1.82. The van der Waals surface area contributed by atoms with Crippen LogP contribution in [0, 0.1) is 0 Å². The number of fused-ring (bicyclic) bond motifs is 1. The molecule has 1 atom stereocenters. The van der Waals surface area contributed by atoms with Gasteiger partial charge in [-0.3, -0.25) is 4.68 Å². The van der Waals surface area contributed by atoms with Crippen LogP contribution < -0.4 is 5.32 Å². The van der Waals surface area contributed by atoms with Gasteiger partial charge < -0.3 is 5.32 Å². The molecule has 3 rings (SSSR count). The summed E-state index contributed by atoms with van der Waals surface area (Å²) in [4.78, 5) is 0. The van der Waals surface area contributed by atoms with Crippen molar-refractivity contribution in [2.75, 3.05) is 16.8 Å². The molecule has 0 aliphatic heterocycles. The number of hydrogen-bond acceptors (Lipinski definition) is 4. The van der Waals surface area contributed by atoms with Crippen LogP contribution in [0.4, 0.5) is 5.82 Å². The van der Waals surface area contributed by atoms with Crippen molar-refractivity contribution in [1.29, 1.82) is 0 Å². The zero-order valence-corrected chi connectivity index (χ0v) is 14.9. The first-order valence-electron chi connectivity index (χ1n) is 8.65. The summed E-state index contributed by atoms with van der Waals surface area (Å²) in [7, 11) is -2.96. The molecule has 0 spiro atoms. The van der Waals surface area contributed by atoms with E-state index in [0.717, 1.165) is 18.7 Å². The smallest absolute Gasteiger partial charge is 0.151 e. The first-order valence-corrected chi connectivity index (χ1v) is 10.5. The topological polar surface area (TPSA) is 64.0 Å². The Bertz CT molecular complexity index is 783. The van der Waals surface area contributed by atoms with E-state index < -0.39 is 9.84 Å². The predicted octanol–water partition coefficient (Wildman–Crippen LogP) is 3.20. The number of benzene rings is 1. The third kappa shape index (κ3) is 4.17. The van der Waals surface area contributed by atoms with E-state index in [1.807, 2.05) is 12.3 Å². The van der Waals surface area contributed by atoms with Gasteiger partial charge in [0.1, 0.15) is 5.82 Å². The molecule has 1 unspecified atom stereocenters. The van der Waals surface area contributed by atoms with Gasteiger partial charge in [-0.15, -0.1) is 0 Å². The average Bonchev–Trinajstić information content (AvgIpc) is 2.94. The number of hydrogen-bond donors (Lipinski definition) is 1. The molecule has 6 heteroatoms. The summed E-state index contributed by atoms with van der Waals surface area (Å²) in [5.74, 6) is 1.13. The highest BCUT2D eigenvalue weighted by molar-refractivity contribution is 7.91. The van der Waals surface area contributed by atoms with E-state index in [0.29, 0.717) is 6.54 Å². The lowest BCUT2D eigenvalue weighted by atomic mass is 9.99. The molecule has 0 fully saturated rings. The Balaban J connectivity index is 1.69. The fraction of sp³-hybridized carbons (Fsp3) is 0.500. The van der Waals surface area contributed by atoms with Crippen molar-refractivity contribution in [3.05, 3.63) is 47.7 Å².